The lowest BCUT2D eigenvalue weighted by atomic mass is 10.1. The second-order valence-corrected chi connectivity index (χ2v) is 4.81. The average Bonchev–Trinajstić information content (AvgIpc) is 2.39. The number of thioether (sulfide) groups is 1. The summed E-state index contributed by atoms with van der Waals surface area (Å²) in [5.41, 5.74) is 0.273. The van der Waals surface area contributed by atoms with Gasteiger partial charge in [-0.15, -0.1) is 0 Å². The van der Waals surface area contributed by atoms with Gasteiger partial charge in [-0.1, -0.05) is 30.3 Å². The highest BCUT2D eigenvalue weighted by atomic mass is 32.2. The van der Waals surface area contributed by atoms with Gasteiger partial charge in [0.2, 0.25) is 0 Å². The molecule has 0 saturated heterocycles. The number of hydrogen-bond donors (Lipinski definition) is 0. The fraction of sp³-hybridized carbons (Fsp3) is 0.0714. The van der Waals surface area contributed by atoms with E-state index < -0.39 is 5.25 Å². The number of nitrogens with zero attached hydrogens (tertiary/aromatic N) is 1. The Balaban J connectivity index is 2.22. The van der Waals surface area contributed by atoms with Crippen LogP contribution in [-0.2, 0) is 5.25 Å². The molecular weight excluding hydrogens is 252 g/mol. The molecule has 0 spiro atoms. The van der Waals surface area contributed by atoms with Gasteiger partial charge in [-0.05, 0) is 36.0 Å². The highest BCUT2D eigenvalue weighted by molar-refractivity contribution is 8.00. The highest BCUT2D eigenvalue weighted by Gasteiger charge is 2.32. The maximum absolute atomic E-state index is 14.0. The van der Waals surface area contributed by atoms with Crippen LogP contribution in [0.2, 0.25) is 0 Å². The second kappa shape index (κ2) is 5.19. The number of benzene rings is 2. The van der Waals surface area contributed by atoms with Gasteiger partial charge in [0, 0.05) is 10.5 Å². The smallest absolute Gasteiger partial charge is 0.192 e. The van der Waals surface area contributed by atoms with Gasteiger partial charge < -0.3 is 0 Å². The SMILES string of the molecule is N#Cc1ccc(C(F)(F)Sc2ccccc2)cc1. The Morgan fingerprint density at radius 3 is 2.11 bits per heavy atom. The van der Waals surface area contributed by atoms with E-state index in [0.29, 0.717) is 22.2 Å². The number of halogens is 2. The van der Waals surface area contributed by atoms with Gasteiger partial charge in [0.15, 0.2) is 0 Å². The van der Waals surface area contributed by atoms with E-state index in [9.17, 15) is 8.78 Å². The third-order valence-corrected chi connectivity index (χ3v) is 3.34. The summed E-state index contributed by atoms with van der Waals surface area (Å²) >= 11 is 0.496. The molecule has 2 aromatic rings. The molecule has 0 bridgehead atoms. The Hall–Kier alpha value is -1.86. The van der Waals surface area contributed by atoms with Crippen molar-refractivity contribution in [2.24, 2.45) is 0 Å². The van der Waals surface area contributed by atoms with Crippen molar-refractivity contribution in [3.63, 3.8) is 0 Å². The van der Waals surface area contributed by atoms with E-state index in [2.05, 4.69) is 0 Å². The summed E-state index contributed by atoms with van der Waals surface area (Å²) < 4.78 is 27.9. The zero-order valence-corrected chi connectivity index (χ0v) is 10.1. The first-order chi connectivity index (χ1) is 8.62. The normalized spacial score (nSPS) is 10.9. The topological polar surface area (TPSA) is 23.8 Å². The summed E-state index contributed by atoms with van der Waals surface area (Å²) in [5, 5.41) is 5.62. The van der Waals surface area contributed by atoms with Crippen molar-refractivity contribution in [3.8, 4) is 6.07 Å². The number of hydrogen-bond acceptors (Lipinski definition) is 2. The van der Waals surface area contributed by atoms with E-state index in [1.165, 1.54) is 24.3 Å². The predicted octanol–water partition coefficient (Wildman–Crippen LogP) is 4.40. The number of rotatable bonds is 3. The molecule has 0 radical (unpaired) electrons. The maximum atomic E-state index is 14.0. The van der Waals surface area contributed by atoms with Crippen LogP contribution < -0.4 is 0 Å². The quantitative estimate of drug-likeness (QED) is 0.764. The largest absolute Gasteiger partial charge is 0.323 e. The van der Waals surface area contributed by atoms with Gasteiger partial charge >= 0.3 is 5.25 Å². The Labute approximate surface area is 108 Å². The lowest BCUT2D eigenvalue weighted by molar-refractivity contribution is 0.105. The van der Waals surface area contributed by atoms with Crippen molar-refractivity contribution in [2.75, 3.05) is 0 Å². The van der Waals surface area contributed by atoms with E-state index in [1.54, 1.807) is 30.3 Å². The molecule has 0 unspecified atom stereocenters. The van der Waals surface area contributed by atoms with Crippen molar-refractivity contribution in [1.29, 1.82) is 5.26 Å². The van der Waals surface area contributed by atoms with E-state index >= 15 is 0 Å². The van der Waals surface area contributed by atoms with Crippen molar-refractivity contribution in [2.45, 2.75) is 10.2 Å². The predicted molar refractivity (Wildman–Crippen MR) is 67.4 cm³/mol. The Bertz CT molecular complexity index is 559. The molecule has 90 valence electrons. The molecule has 0 saturated carbocycles. The van der Waals surface area contributed by atoms with Gasteiger partial charge in [0.05, 0.1) is 11.6 Å². The van der Waals surface area contributed by atoms with E-state index in [1.807, 2.05) is 6.07 Å². The maximum Gasteiger partial charge on any atom is 0.323 e. The van der Waals surface area contributed by atoms with Crippen LogP contribution in [0.1, 0.15) is 11.1 Å². The Morgan fingerprint density at radius 1 is 0.944 bits per heavy atom. The number of nitriles is 1. The molecule has 1 nitrogen and oxygen atoms in total. The van der Waals surface area contributed by atoms with Gasteiger partial charge in [-0.3, -0.25) is 0 Å². The monoisotopic (exact) mass is 261 g/mol. The van der Waals surface area contributed by atoms with Crippen molar-refractivity contribution in [1.82, 2.24) is 0 Å². The summed E-state index contributed by atoms with van der Waals surface area (Å²) in [6, 6.07) is 15.8. The molecule has 0 N–H and O–H groups in total. The van der Waals surface area contributed by atoms with E-state index in [-0.39, 0.29) is 5.56 Å². The second-order valence-electron chi connectivity index (χ2n) is 3.62. The fourth-order valence-electron chi connectivity index (χ4n) is 1.43. The minimum Gasteiger partial charge on any atom is -0.192 e. The fourth-order valence-corrected chi connectivity index (χ4v) is 2.28. The molecule has 0 heterocycles. The van der Waals surface area contributed by atoms with E-state index in [0.717, 1.165) is 0 Å². The summed E-state index contributed by atoms with van der Waals surface area (Å²) in [6.07, 6.45) is 0. The first-order valence-corrected chi connectivity index (χ1v) is 6.06. The number of alkyl halides is 2. The summed E-state index contributed by atoms with van der Waals surface area (Å²) in [7, 11) is 0. The highest BCUT2D eigenvalue weighted by Crippen LogP contribution is 2.43. The summed E-state index contributed by atoms with van der Waals surface area (Å²) in [6.45, 7) is 0. The molecule has 0 fully saturated rings. The van der Waals surface area contributed by atoms with Gasteiger partial charge in [-0.25, -0.2) is 0 Å². The van der Waals surface area contributed by atoms with Gasteiger partial charge in [0.1, 0.15) is 0 Å². The standard InChI is InChI=1S/C14H9F2NS/c15-14(16,18-13-4-2-1-3-5-13)12-8-6-11(10-17)7-9-12/h1-9H. The molecule has 0 aliphatic rings. The molecule has 0 aromatic heterocycles. The Morgan fingerprint density at radius 2 is 1.56 bits per heavy atom. The van der Waals surface area contributed by atoms with E-state index in [4.69, 9.17) is 5.26 Å². The average molecular weight is 261 g/mol. The van der Waals surface area contributed by atoms with Crippen LogP contribution in [0.25, 0.3) is 0 Å². The van der Waals surface area contributed by atoms with Crippen LogP contribution in [-0.4, -0.2) is 0 Å². The third kappa shape index (κ3) is 2.88. The minimum atomic E-state index is -3.00. The Kier molecular flexibility index (Phi) is 3.63. The van der Waals surface area contributed by atoms with Crippen LogP contribution in [0.3, 0.4) is 0 Å². The zero-order chi connectivity index (χ0) is 13.0. The van der Waals surface area contributed by atoms with Gasteiger partial charge in [0.25, 0.3) is 0 Å². The molecule has 0 aliphatic heterocycles. The molecule has 2 rings (SSSR count). The molecule has 0 amide bonds. The lowest BCUT2D eigenvalue weighted by Gasteiger charge is -2.15. The lowest BCUT2D eigenvalue weighted by Crippen LogP contribution is -2.07. The zero-order valence-electron chi connectivity index (χ0n) is 9.31. The molecule has 18 heavy (non-hydrogen) atoms. The van der Waals surface area contributed by atoms with Crippen molar-refractivity contribution < 1.29 is 8.78 Å². The third-order valence-electron chi connectivity index (χ3n) is 2.34. The first-order valence-electron chi connectivity index (χ1n) is 5.24. The van der Waals surface area contributed by atoms with Gasteiger partial charge in [-0.2, -0.15) is 14.0 Å². The van der Waals surface area contributed by atoms with Crippen molar-refractivity contribution >= 4 is 11.8 Å². The molecule has 0 aliphatic carbocycles. The molecule has 2 aromatic carbocycles. The minimum absolute atomic E-state index is 0.102. The van der Waals surface area contributed by atoms with Crippen LogP contribution in [0.5, 0.6) is 0 Å². The van der Waals surface area contributed by atoms with Crippen LogP contribution in [0.4, 0.5) is 8.78 Å². The molecule has 0 atom stereocenters. The van der Waals surface area contributed by atoms with Crippen LogP contribution in [0.15, 0.2) is 59.5 Å². The molecular formula is C14H9F2NS. The van der Waals surface area contributed by atoms with Crippen molar-refractivity contribution in [3.05, 3.63) is 65.7 Å². The molecule has 4 heteroatoms. The first kappa shape index (κ1) is 12.6. The summed E-state index contributed by atoms with van der Waals surface area (Å²) in [5.74, 6) is 0. The van der Waals surface area contributed by atoms with Crippen LogP contribution >= 0.6 is 11.8 Å². The summed E-state index contributed by atoms with van der Waals surface area (Å²) in [4.78, 5) is 0.506. The van der Waals surface area contributed by atoms with Crippen LogP contribution in [0, 0.1) is 11.3 Å².